The van der Waals surface area contributed by atoms with Crippen molar-refractivity contribution in [1.82, 2.24) is 0 Å². The van der Waals surface area contributed by atoms with Crippen molar-refractivity contribution < 1.29 is 9.47 Å². The first-order chi connectivity index (χ1) is 10.6. The molecule has 2 nitrogen and oxygen atoms in total. The topological polar surface area (TPSA) is 18.5 Å². The van der Waals surface area contributed by atoms with Crippen LogP contribution in [0.25, 0.3) is 0 Å². The lowest BCUT2D eigenvalue weighted by atomic mass is 10.3. The molecule has 142 valence electrons. The van der Waals surface area contributed by atoms with Crippen molar-refractivity contribution >= 4 is 0 Å². The van der Waals surface area contributed by atoms with Crippen LogP contribution in [0.3, 0.4) is 0 Å². The van der Waals surface area contributed by atoms with Crippen LogP contribution in [-0.2, 0) is 9.47 Å². The lowest BCUT2D eigenvalue weighted by Crippen LogP contribution is -1.84. The van der Waals surface area contributed by atoms with Crippen molar-refractivity contribution in [3.8, 4) is 0 Å². The molecule has 0 heterocycles. The monoisotopic (exact) mass is 322 g/mol. The molecule has 0 aromatic heterocycles. The highest BCUT2D eigenvalue weighted by Crippen LogP contribution is 1.88. The minimum atomic E-state index is 0.889. The third-order valence-electron chi connectivity index (χ3n) is 1.82. The van der Waals surface area contributed by atoms with E-state index in [0.29, 0.717) is 0 Å². The minimum Gasteiger partial charge on any atom is -0.385 e. The van der Waals surface area contributed by atoms with Gasteiger partial charge >= 0.3 is 0 Å². The molecule has 0 amide bonds. The Morgan fingerprint density at radius 3 is 0.818 bits per heavy atom. The summed E-state index contributed by atoms with van der Waals surface area (Å²) in [6.45, 7) is 19.0. The zero-order valence-corrected chi connectivity index (χ0v) is 17.9. The second-order valence-corrected chi connectivity index (χ2v) is 5.11. The molecular formula is C20H50O2. The fraction of sp³-hybridized carbons (Fsp3) is 1.00. The number of ether oxygens (including phenoxy) is 2. The highest BCUT2D eigenvalue weighted by atomic mass is 16.5. The first-order valence-electron chi connectivity index (χ1n) is 9.55. The van der Waals surface area contributed by atoms with E-state index in [1.165, 1.54) is 44.9 Å². The zero-order valence-electron chi connectivity index (χ0n) is 17.9. The maximum atomic E-state index is 4.78. The SMILES string of the molecule is CCC.CCC.CCCCC.CCCCOC.CCCOC. The van der Waals surface area contributed by atoms with Crippen LogP contribution in [0.5, 0.6) is 0 Å². The molecule has 0 aliphatic heterocycles. The number of hydrogen-bond acceptors (Lipinski definition) is 2. The zero-order chi connectivity index (χ0) is 18.5. The van der Waals surface area contributed by atoms with Crippen molar-refractivity contribution in [2.75, 3.05) is 27.4 Å². The summed E-state index contributed by atoms with van der Waals surface area (Å²) in [6.07, 6.45) is 10.1. The van der Waals surface area contributed by atoms with Crippen molar-refractivity contribution in [2.45, 2.75) is 107 Å². The Hall–Kier alpha value is -0.0800. The van der Waals surface area contributed by atoms with E-state index in [9.17, 15) is 0 Å². The van der Waals surface area contributed by atoms with E-state index in [4.69, 9.17) is 9.47 Å². The Labute approximate surface area is 144 Å². The molecule has 2 heteroatoms. The van der Waals surface area contributed by atoms with E-state index in [2.05, 4.69) is 55.4 Å². The molecule has 0 radical (unpaired) electrons. The third-order valence-corrected chi connectivity index (χ3v) is 1.82. The van der Waals surface area contributed by atoms with Gasteiger partial charge in [-0.05, 0) is 12.8 Å². The molecular weight excluding hydrogens is 272 g/mol. The van der Waals surface area contributed by atoms with Gasteiger partial charge < -0.3 is 9.47 Å². The van der Waals surface area contributed by atoms with Gasteiger partial charge in [0.1, 0.15) is 0 Å². The van der Waals surface area contributed by atoms with Crippen molar-refractivity contribution in [3.05, 3.63) is 0 Å². The number of hydrogen-bond donors (Lipinski definition) is 0. The molecule has 0 spiro atoms. The molecule has 0 aliphatic rings. The van der Waals surface area contributed by atoms with Gasteiger partial charge in [-0.25, -0.2) is 0 Å². The Morgan fingerprint density at radius 2 is 0.773 bits per heavy atom. The van der Waals surface area contributed by atoms with E-state index in [1.54, 1.807) is 14.2 Å². The second kappa shape index (κ2) is 58.4. The maximum Gasteiger partial charge on any atom is 0.0462 e. The second-order valence-electron chi connectivity index (χ2n) is 5.11. The largest absolute Gasteiger partial charge is 0.385 e. The fourth-order valence-corrected chi connectivity index (χ4v) is 0.846. The molecule has 22 heavy (non-hydrogen) atoms. The Morgan fingerprint density at radius 1 is 0.455 bits per heavy atom. The van der Waals surface area contributed by atoms with Crippen molar-refractivity contribution in [3.63, 3.8) is 0 Å². The van der Waals surface area contributed by atoms with Crippen LogP contribution in [0.1, 0.15) is 107 Å². The molecule has 0 rings (SSSR count). The Bertz CT molecular complexity index is 79.7. The van der Waals surface area contributed by atoms with Gasteiger partial charge in [-0.3, -0.25) is 0 Å². The maximum absolute atomic E-state index is 4.78. The smallest absolute Gasteiger partial charge is 0.0462 e. The Kier molecular flexibility index (Phi) is 89.0. The van der Waals surface area contributed by atoms with Gasteiger partial charge in [0.2, 0.25) is 0 Å². The lowest BCUT2D eigenvalue weighted by molar-refractivity contribution is 0.194. The molecule has 0 unspecified atom stereocenters. The number of unbranched alkanes of at least 4 members (excludes halogenated alkanes) is 3. The summed E-state index contributed by atoms with van der Waals surface area (Å²) in [4.78, 5) is 0. The van der Waals surface area contributed by atoms with Crippen LogP contribution in [-0.4, -0.2) is 27.4 Å². The highest BCUT2D eigenvalue weighted by Gasteiger charge is 1.74. The molecule has 0 bridgehead atoms. The van der Waals surface area contributed by atoms with Gasteiger partial charge in [-0.15, -0.1) is 0 Å². The standard InChI is InChI=1S/C5H12O.C5H12.C4H10O.2C3H8/c1-3-4-5-6-2;1-3-5-4-2;1-3-4-5-2;2*1-3-2/h3-5H2,1-2H3;3-5H2,1-2H3;3-4H2,1-2H3;2*3H2,1-2H3. The molecule has 0 aliphatic carbocycles. The predicted octanol–water partition coefficient (Wildman–Crippen LogP) is 7.50. The predicted molar refractivity (Wildman–Crippen MR) is 106 cm³/mol. The van der Waals surface area contributed by atoms with Gasteiger partial charge in [0.25, 0.3) is 0 Å². The van der Waals surface area contributed by atoms with Gasteiger partial charge in [-0.2, -0.15) is 0 Å². The first kappa shape index (κ1) is 33.5. The summed E-state index contributed by atoms with van der Waals surface area (Å²) >= 11 is 0. The highest BCUT2D eigenvalue weighted by molar-refractivity contribution is 4.26. The molecule has 0 saturated heterocycles. The van der Waals surface area contributed by atoms with Crippen LogP contribution >= 0.6 is 0 Å². The van der Waals surface area contributed by atoms with E-state index in [-0.39, 0.29) is 0 Å². The molecule has 0 aromatic carbocycles. The molecule has 0 N–H and O–H groups in total. The fourth-order valence-electron chi connectivity index (χ4n) is 0.846. The van der Waals surface area contributed by atoms with Crippen LogP contribution < -0.4 is 0 Å². The average Bonchev–Trinajstić information content (AvgIpc) is 2.50. The summed E-state index contributed by atoms with van der Waals surface area (Å²) in [5, 5.41) is 0. The molecule has 0 saturated carbocycles. The van der Waals surface area contributed by atoms with Crippen LogP contribution in [0.15, 0.2) is 0 Å². The summed E-state index contributed by atoms with van der Waals surface area (Å²) in [5.74, 6) is 0. The average molecular weight is 323 g/mol. The van der Waals surface area contributed by atoms with Gasteiger partial charge in [-0.1, -0.05) is 93.9 Å². The van der Waals surface area contributed by atoms with Crippen LogP contribution in [0, 0.1) is 0 Å². The minimum absolute atomic E-state index is 0.889. The number of rotatable bonds is 7. The van der Waals surface area contributed by atoms with Gasteiger partial charge in [0, 0.05) is 27.4 Å². The quantitative estimate of drug-likeness (QED) is 0.451. The molecule has 0 fully saturated rings. The summed E-state index contributed by atoms with van der Waals surface area (Å²) in [7, 11) is 3.44. The summed E-state index contributed by atoms with van der Waals surface area (Å²) in [5.41, 5.74) is 0. The van der Waals surface area contributed by atoms with Gasteiger partial charge in [0.15, 0.2) is 0 Å². The van der Waals surface area contributed by atoms with Gasteiger partial charge in [0.05, 0.1) is 0 Å². The van der Waals surface area contributed by atoms with Crippen molar-refractivity contribution in [2.24, 2.45) is 0 Å². The van der Waals surface area contributed by atoms with E-state index in [1.807, 2.05) is 0 Å². The first-order valence-corrected chi connectivity index (χ1v) is 9.55. The van der Waals surface area contributed by atoms with E-state index >= 15 is 0 Å². The molecule has 0 aromatic rings. The third kappa shape index (κ3) is 149. The Balaban J connectivity index is -0.0000000563. The number of methoxy groups -OCH3 is 2. The van der Waals surface area contributed by atoms with E-state index < -0.39 is 0 Å². The van der Waals surface area contributed by atoms with Crippen LogP contribution in [0.2, 0.25) is 0 Å². The lowest BCUT2D eigenvalue weighted by Gasteiger charge is -1.89. The van der Waals surface area contributed by atoms with Crippen LogP contribution in [0.4, 0.5) is 0 Å². The normalized spacial score (nSPS) is 7.91. The summed E-state index contributed by atoms with van der Waals surface area (Å²) in [6, 6.07) is 0. The van der Waals surface area contributed by atoms with Crippen molar-refractivity contribution in [1.29, 1.82) is 0 Å². The summed E-state index contributed by atoms with van der Waals surface area (Å²) < 4.78 is 9.47. The molecule has 0 atom stereocenters. The van der Waals surface area contributed by atoms with E-state index in [0.717, 1.165) is 19.6 Å².